The fourth-order valence-corrected chi connectivity index (χ4v) is 3.01. The number of ether oxygens (including phenoxy) is 2. The predicted molar refractivity (Wildman–Crippen MR) is 80.5 cm³/mol. The summed E-state index contributed by atoms with van der Waals surface area (Å²) in [6, 6.07) is 7.62. The fourth-order valence-electron chi connectivity index (χ4n) is 3.01. The van der Waals surface area contributed by atoms with Crippen molar-refractivity contribution in [3.63, 3.8) is 0 Å². The summed E-state index contributed by atoms with van der Waals surface area (Å²) in [7, 11) is 3.32. The number of benzene rings is 1. The van der Waals surface area contributed by atoms with Gasteiger partial charge in [0.2, 0.25) is 5.91 Å². The molecule has 1 aromatic carbocycles. The number of para-hydroxylation sites is 1. The highest BCUT2D eigenvalue weighted by molar-refractivity contribution is 5.86. The van der Waals surface area contributed by atoms with E-state index in [0.717, 1.165) is 11.8 Å². The number of aromatic nitrogens is 1. The lowest BCUT2D eigenvalue weighted by Gasteiger charge is -2.23. The van der Waals surface area contributed by atoms with Crippen molar-refractivity contribution in [2.45, 2.75) is 25.0 Å². The lowest BCUT2D eigenvalue weighted by Crippen LogP contribution is -2.39. The van der Waals surface area contributed by atoms with E-state index < -0.39 is 0 Å². The number of carbonyl (C=O) groups is 1. The molecule has 2 heterocycles. The number of likely N-dealkylation sites (tertiary alicyclic amines) is 1. The van der Waals surface area contributed by atoms with Gasteiger partial charge >= 0.3 is 0 Å². The van der Waals surface area contributed by atoms with Crippen LogP contribution in [0.25, 0.3) is 11.0 Å². The zero-order chi connectivity index (χ0) is 15.5. The van der Waals surface area contributed by atoms with Crippen LogP contribution in [0.4, 0.5) is 0 Å². The van der Waals surface area contributed by atoms with E-state index in [2.05, 4.69) is 5.16 Å². The second-order valence-electron chi connectivity index (χ2n) is 5.55. The number of fused-ring (bicyclic) bond motifs is 1. The third-order valence-electron chi connectivity index (χ3n) is 4.16. The van der Waals surface area contributed by atoms with E-state index in [1.165, 1.54) is 0 Å². The van der Waals surface area contributed by atoms with E-state index in [0.29, 0.717) is 24.4 Å². The maximum absolute atomic E-state index is 12.6. The van der Waals surface area contributed by atoms with Crippen LogP contribution >= 0.6 is 0 Å². The van der Waals surface area contributed by atoms with Gasteiger partial charge in [-0.3, -0.25) is 4.79 Å². The second-order valence-corrected chi connectivity index (χ2v) is 5.55. The van der Waals surface area contributed by atoms with Crippen molar-refractivity contribution in [3.05, 3.63) is 30.0 Å². The standard InChI is InChI=1S/C16H20N2O4/c1-20-10-11-7-12(21-2)9-18(11)16(19)8-14-13-5-3-4-6-15(13)22-17-14/h3-6,11-12H,7-10H2,1-2H3/t11-,12-/m0/s1. The second kappa shape index (κ2) is 6.46. The largest absolute Gasteiger partial charge is 0.383 e. The maximum Gasteiger partial charge on any atom is 0.229 e. The Morgan fingerprint density at radius 2 is 2.23 bits per heavy atom. The van der Waals surface area contributed by atoms with Crippen LogP contribution in [0.5, 0.6) is 0 Å². The van der Waals surface area contributed by atoms with Gasteiger partial charge in [0.15, 0.2) is 5.58 Å². The van der Waals surface area contributed by atoms with Gasteiger partial charge in [0, 0.05) is 26.2 Å². The normalized spacial score (nSPS) is 21.6. The van der Waals surface area contributed by atoms with E-state index >= 15 is 0 Å². The zero-order valence-electron chi connectivity index (χ0n) is 12.8. The Kier molecular flexibility index (Phi) is 4.40. The molecule has 0 unspecified atom stereocenters. The van der Waals surface area contributed by atoms with Crippen molar-refractivity contribution in [2.75, 3.05) is 27.4 Å². The number of hydrogen-bond donors (Lipinski definition) is 0. The Morgan fingerprint density at radius 3 is 3.00 bits per heavy atom. The van der Waals surface area contributed by atoms with Crippen LogP contribution in [0.3, 0.4) is 0 Å². The van der Waals surface area contributed by atoms with Gasteiger partial charge in [-0.15, -0.1) is 0 Å². The first-order valence-corrected chi connectivity index (χ1v) is 7.37. The van der Waals surface area contributed by atoms with Crippen molar-refractivity contribution in [2.24, 2.45) is 0 Å². The average Bonchev–Trinajstić information content (AvgIpc) is 3.12. The highest BCUT2D eigenvalue weighted by atomic mass is 16.5. The SMILES string of the molecule is COC[C@@H]1C[C@H](OC)CN1C(=O)Cc1noc2ccccc12. The molecule has 1 saturated heterocycles. The highest BCUT2D eigenvalue weighted by Crippen LogP contribution is 2.23. The minimum atomic E-state index is 0.0284. The van der Waals surface area contributed by atoms with E-state index in [1.807, 2.05) is 29.2 Å². The van der Waals surface area contributed by atoms with Crippen molar-refractivity contribution in [1.82, 2.24) is 10.1 Å². The molecule has 2 aromatic rings. The van der Waals surface area contributed by atoms with Crippen LogP contribution in [0, 0.1) is 0 Å². The first kappa shape index (κ1) is 15.0. The fraction of sp³-hybridized carbons (Fsp3) is 0.500. The number of hydrogen-bond acceptors (Lipinski definition) is 5. The molecule has 1 aromatic heterocycles. The lowest BCUT2D eigenvalue weighted by molar-refractivity contribution is -0.132. The summed E-state index contributed by atoms with van der Waals surface area (Å²) in [5.41, 5.74) is 1.38. The van der Waals surface area contributed by atoms with Crippen molar-refractivity contribution in [3.8, 4) is 0 Å². The molecule has 0 bridgehead atoms. The summed E-state index contributed by atoms with van der Waals surface area (Å²) in [5, 5.41) is 4.92. The molecule has 1 amide bonds. The first-order valence-electron chi connectivity index (χ1n) is 7.37. The monoisotopic (exact) mass is 304 g/mol. The predicted octanol–water partition coefficient (Wildman–Crippen LogP) is 1.63. The Balaban J connectivity index is 1.75. The molecular formula is C16H20N2O4. The number of rotatable bonds is 5. The molecule has 0 N–H and O–H groups in total. The molecule has 0 radical (unpaired) electrons. The Hall–Kier alpha value is -1.92. The van der Waals surface area contributed by atoms with Crippen molar-refractivity contribution < 1.29 is 18.8 Å². The Labute approximate surface area is 129 Å². The van der Waals surface area contributed by atoms with Gasteiger partial charge in [-0.05, 0) is 18.6 Å². The van der Waals surface area contributed by atoms with Gasteiger partial charge in [-0.2, -0.15) is 0 Å². The maximum atomic E-state index is 12.6. The van der Waals surface area contributed by atoms with Gasteiger partial charge < -0.3 is 18.9 Å². The summed E-state index contributed by atoms with van der Waals surface area (Å²) < 4.78 is 15.9. The van der Waals surface area contributed by atoms with Crippen LogP contribution < -0.4 is 0 Å². The molecule has 1 aliphatic heterocycles. The molecule has 1 aliphatic rings. The molecule has 6 nitrogen and oxygen atoms in total. The molecule has 22 heavy (non-hydrogen) atoms. The summed E-state index contributed by atoms with van der Waals surface area (Å²) in [6.07, 6.45) is 1.10. The highest BCUT2D eigenvalue weighted by Gasteiger charge is 2.35. The molecule has 0 spiro atoms. The minimum absolute atomic E-state index is 0.0284. The van der Waals surface area contributed by atoms with E-state index in [-0.39, 0.29) is 24.5 Å². The molecule has 6 heteroatoms. The van der Waals surface area contributed by atoms with Gasteiger partial charge in [0.25, 0.3) is 0 Å². The summed E-state index contributed by atoms with van der Waals surface area (Å²) in [6.45, 7) is 1.12. The van der Waals surface area contributed by atoms with Crippen LogP contribution in [0.2, 0.25) is 0 Å². The quantitative estimate of drug-likeness (QED) is 0.840. The summed E-state index contributed by atoms with van der Waals surface area (Å²) in [5.74, 6) is 0.0284. The number of methoxy groups -OCH3 is 2. The molecule has 0 saturated carbocycles. The molecule has 3 rings (SSSR count). The summed E-state index contributed by atoms with van der Waals surface area (Å²) in [4.78, 5) is 14.5. The van der Waals surface area contributed by atoms with Gasteiger partial charge in [-0.1, -0.05) is 17.3 Å². The van der Waals surface area contributed by atoms with Gasteiger partial charge in [-0.25, -0.2) is 0 Å². The third-order valence-corrected chi connectivity index (χ3v) is 4.16. The van der Waals surface area contributed by atoms with E-state index in [9.17, 15) is 4.79 Å². The van der Waals surface area contributed by atoms with Crippen molar-refractivity contribution >= 4 is 16.9 Å². The van der Waals surface area contributed by atoms with Crippen LogP contribution in [-0.4, -0.2) is 55.5 Å². The van der Waals surface area contributed by atoms with E-state index in [1.54, 1.807) is 14.2 Å². The average molecular weight is 304 g/mol. The van der Waals surface area contributed by atoms with Gasteiger partial charge in [0.1, 0.15) is 5.69 Å². The van der Waals surface area contributed by atoms with Crippen LogP contribution in [0.15, 0.2) is 28.8 Å². The topological polar surface area (TPSA) is 64.8 Å². The Bertz CT molecular complexity index is 654. The zero-order valence-corrected chi connectivity index (χ0v) is 12.8. The lowest BCUT2D eigenvalue weighted by atomic mass is 10.1. The van der Waals surface area contributed by atoms with Gasteiger partial charge in [0.05, 0.1) is 25.2 Å². The smallest absolute Gasteiger partial charge is 0.229 e. The van der Waals surface area contributed by atoms with Crippen LogP contribution in [-0.2, 0) is 20.7 Å². The molecule has 118 valence electrons. The molecule has 1 fully saturated rings. The molecular weight excluding hydrogens is 284 g/mol. The molecule has 0 aliphatic carbocycles. The van der Waals surface area contributed by atoms with E-state index in [4.69, 9.17) is 14.0 Å². The first-order chi connectivity index (χ1) is 10.7. The third kappa shape index (κ3) is 2.84. The summed E-state index contributed by atoms with van der Waals surface area (Å²) >= 11 is 0. The number of amides is 1. The number of carbonyl (C=O) groups excluding carboxylic acids is 1. The molecule has 2 atom stereocenters. The number of nitrogens with zero attached hydrogens (tertiary/aromatic N) is 2. The Morgan fingerprint density at radius 1 is 1.41 bits per heavy atom. The van der Waals surface area contributed by atoms with Crippen LogP contribution in [0.1, 0.15) is 12.1 Å². The van der Waals surface area contributed by atoms with Crippen molar-refractivity contribution in [1.29, 1.82) is 0 Å². The minimum Gasteiger partial charge on any atom is -0.383 e.